The van der Waals surface area contributed by atoms with Crippen LogP contribution in [-0.4, -0.2) is 17.3 Å². The summed E-state index contributed by atoms with van der Waals surface area (Å²) in [5, 5.41) is 0. The maximum atomic E-state index is 13.0. The molecule has 0 aliphatic heterocycles. The van der Waals surface area contributed by atoms with Crippen molar-refractivity contribution in [1.29, 1.82) is 0 Å². The smallest absolute Gasteiger partial charge is 0.425 e. The molecule has 0 spiro atoms. The van der Waals surface area contributed by atoms with Crippen molar-refractivity contribution in [2.45, 2.75) is 19.2 Å². The van der Waals surface area contributed by atoms with Crippen molar-refractivity contribution in [2.24, 2.45) is 0 Å². The Balaban J connectivity index is 2.82. The predicted octanol–water partition coefficient (Wildman–Crippen LogP) is 3.31. The van der Waals surface area contributed by atoms with Gasteiger partial charge in [-0.3, -0.25) is 0 Å². The quantitative estimate of drug-likeness (QED) is 0.779. The summed E-state index contributed by atoms with van der Waals surface area (Å²) >= 11 is 2.92. The Kier molecular flexibility index (Phi) is 3.54. The summed E-state index contributed by atoms with van der Waals surface area (Å²) in [7, 11) is 0. The van der Waals surface area contributed by atoms with Crippen molar-refractivity contribution in [1.82, 2.24) is 4.98 Å². The van der Waals surface area contributed by atoms with Crippen LogP contribution >= 0.6 is 15.9 Å². The van der Waals surface area contributed by atoms with Crippen molar-refractivity contribution in [3.63, 3.8) is 0 Å². The van der Waals surface area contributed by atoms with Gasteiger partial charge in [-0.1, -0.05) is 0 Å². The van der Waals surface area contributed by atoms with Crippen LogP contribution in [0.15, 0.2) is 16.7 Å². The molecule has 0 saturated carbocycles. The molecule has 0 saturated heterocycles. The number of aromatic nitrogens is 1. The molecule has 2 nitrogen and oxygen atoms in total. The number of halogens is 5. The molecule has 0 bridgehead atoms. The number of hydrogen-bond donors (Lipinski definition) is 0. The summed E-state index contributed by atoms with van der Waals surface area (Å²) < 4.78 is 53.9. The predicted molar refractivity (Wildman–Crippen MR) is 48.0 cm³/mol. The maximum absolute atomic E-state index is 13.0. The van der Waals surface area contributed by atoms with E-state index < -0.39 is 24.0 Å². The molecular formula is C8H6BrF4NO. The minimum absolute atomic E-state index is 0.326. The highest BCUT2D eigenvalue weighted by atomic mass is 79.9. The molecule has 0 amide bonds. The summed E-state index contributed by atoms with van der Waals surface area (Å²) in [4.78, 5) is 3.39. The first-order valence-corrected chi connectivity index (χ1v) is 4.64. The van der Waals surface area contributed by atoms with Gasteiger partial charge in [-0.05, 0) is 28.9 Å². The molecule has 1 unspecified atom stereocenters. The van der Waals surface area contributed by atoms with E-state index in [4.69, 9.17) is 0 Å². The van der Waals surface area contributed by atoms with Gasteiger partial charge in [0.1, 0.15) is 0 Å². The highest BCUT2D eigenvalue weighted by molar-refractivity contribution is 9.10. The normalized spacial score (nSPS) is 13.7. The molecule has 15 heavy (non-hydrogen) atoms. The van der Waals surface area contributed by atoms with Gasteiger partial charge in [0.2, 0.25) is 0 Å². The van der Waals surface area contributed by atoms with Gasteiger partial charge in [0.25, 0.3) is 5.88 Å². The third-order valence-electron chi connectivity index (χ3n) is 1.52. The average Bonchev–Trinajstić information content (AvgIpc) is 2.08. The lowest BCUT2D eigenvalue weighted by molar-refractivity contribution is -0.190. The van der Waals surface area contributed by atoms with Crippen LogP contribution in [0.3, 0.4) is 0 Å². The van der Waals surface area contributed by atoms with Gasteiger partial charge < -0.3 is 4.74 Å². The van der Waals surface area contributed by atoms with Crippen LogP contribution < -0.4 is 4.74 Å². The van der Waals surface area contributed by atoms with E-state index in [1.165, 1.54) is 0 Å². The van der Waals surface area contributed by atoms with Crippen molar-refractivity contribution < 1.29 is 22.3 Å². The largest absolute Gasteiger partial charge is 0.463 e. The number of ether oxygens (including phenoxy) is 1. The van der Waals surface area contributed by atoms with Crippen molar-refractivity contribution in [3.05, 3.63) is 22.6 Å². The Morgan fingerprint density at radius 1 is 1.47 bits per heavy atom. The fraction of sp³-hybridized carbons (Fsp3) is 0.375. The summed E-state index contributed by atoms with van der Waals surface area (Å²) in [5.74, 6) is -1.61. The van der Waals surface area contributed by atoms with Gasteiger partial charge >= 0.3 is 6.18 Å². The van der Waals surface area contributed by atoms with Gasteiger partial charge in [-0.2, -0.15) is 13.2 Å². The lowest BCUT2D eigenvalue weighted by Gasteiger charge is -2.16. The molecule has 0 N–H and O–H groups in total. The zero-order valence-corrected chi connectivity index (χ0v) is 9.06. The van der Waals surface area contributed by atoms with E-state index in [-0.39, 0.29) is 0 Å². The molecule has 84 valence electrons. The molecule has 1 heterocycles. The zero-order chi connectivity index (χ0) is 11.6. The van der Waals surface area contributed by atoms with Crippen LogP contribution in [0.25, 0.3) is 0 Å². The molecule has 0 radical (unpaired) electrons. The van der Waals surface area contributed by atoms with Gasteiger partial charge in [0, 0.05) is 10.7 Å². The highest BCUT2D eigenvalue weighted by Gasteiger charge is 2.38. The first-order valence-electron chi connectivity index (χ1n) is 3.85. The molecule has 0 fully saturated rings. The standard InChI is InChI=1S/C8H6BrF4NO/c1-4(8(11,12)13)15-7-6(10)2-5(9)3-14-7/h2-4H,1H3. The number of alkyl halides is 3. The second-order valence-corrected chi connectivity index (χ2v) is 3.66. The molecule has 0 aliphatic carbocycles. The van der Waals surface area contributed by atoms with Gasteiger partial charge in [-0.25, -0.2) is 9.37 Å². The third-order valence-corrected chi connectivity index (χ3v) is 1.96. The third kappa shape index (κ3) is 3.33. The van der Waals surface area contributed by atoms with Crippen LogP contribution in [0.5, 0.6) is 5.88 Å². The molecule has 1 rings (SSSR count). The fourth-order valence-electron chi connectivity index (χ4n) is 0.723. The number of hydrogen-bond acceptors (Lipinski definition) is 2. The average molecular weight is 288 g/mol. The lowest BCUT2D eigenvalue weighted by atomic mass is 10.4. The summed E-state index contributed by atoms with van der Waals surface area (Å²) in [6.07, 6.45) is -5.48. The lowest BCUT2D eigenvalue weighted by Crippen LogP contribution is -2.31. The van der Waals surface area contributed by atoms with Crippen LogP contribution in [-0.2, 0) is 0 Å². The van der Waals surface area contributed by atoms with Gasteiger partial charge in [0.05, 0.1) is 0 Å². The van der Waals surface area contributed by atoms with Crippen LogP contribution in [0.1, 0.15) is 6.92 Å². The Bertz CT molecular complexity index is 355. The molecule has 0 aliphatic rings. The number of rotatable bonds is 2. The molecule has 1 atom stereocenters. The van der Waals surface area contributed by atoms with E-state index in [9.17, 15) is 17.6 Å². The molecule has 7 heteroatoms. The Hall–Kier alpha value is -0.850. The monoisotopic (exact) mass is 287 g/mol. The summed E-state index contributed by atoms with van der Waals surface area (Å²) in [6, 6.07) is 0.978. The van der Waals surface area contributed by atoms with Crippen molar-refractivity contribution in [2.75, 3.05) is 0 Å². The first kappa shape index (κ1) is 12.2. The molecule has 1 aromatic heterocycles. The van der Waals surface area contributed by atoms with E-state index >= 15 is 0 Å². The van der Waals surface area contributed by atoms with Gasteiger partial charge in [-0.15, -0.1) is 0 Å². The topological polar surface area (TPSA) is 22.1 Å². The van der Waals surface area contributed by atoms with E-state index in [0.717, 1.165) is 19.2 Å². The minimum atomic E-state index is -4.54. The maximum Gasteiger partial charge on any atom is 0.425 e. The van der Waals surface area contributed by atoms with E-state index in [1.54, 1.807) is 0 Å². The fourth-order valence-corrected chi connectivity index (χ4v) is 1.03. The molecule has 0 aromatic carbocycles. The molecular weight excluding hydrogens is 282 g/mol. The van der Waals surface area contributed by atoms with Crippen molar-refractivity contribution >= 4 is 15.9 Å². The van der Waals surface area contributed by atoms with Crippen LogP contribution in [0.2, 0.25) is 0 Å². The SMILES string of the molecule is CC(Oc1ncc(Br)cc1F)C(F)(F)F. The Labute approximate surface area is 91.4 Å². The minimum Gasteiger partial charge on any atom is -0.463 e. The second kappa shape index (κ2) is 4.34. The van der Waals surface area contributed by atoms with Crippen LogP contribution in [0.4, 0.5) is 17.6 Å². The summed E-state index contributed by atoms with van der Waals surface area (Å²) in [5.41, 5.74) is 0. The summed E-state index contributed by atoms with van der Waals surface area (Å²) in [6.45, 7) is 0.781. The zero-order valence-electron chi connectivity index (χ0n) is 7.48. The Morgan fingerprint density at radius 3 is 2.53 bits per heavy atom. The highest BCUT2D eigenvalue weighted by Crippen LogP contribution is 2.26. The Morgan fingerprint density at radius 2 is 2.07 bits per heavy atom. The second-order valence-electron chi connectivity index (χ2n) is 2.74. The van der Waals surface area contributed by atoms with E-state index in [1.807, 2.05) is 0 Å². The van der Waals surface area contributed by atoms with Crippen molar-refractivity contribution in [3.8, 4) is 5.88 Å². The first-order chi connectivity index (χ1) is 6.80. The molecule has 1 aromatic rings. The number of nitrogens with zero attached hydrogens (tertiary/aromatic N) is 1. The van der Waals surface area contributed by atoms with Gasteiger partial charge in [0.15, 0.2) is 11.9 Å². The number of pyridine rings is 1. The van der Waals surface area contributed by atoms with E-state index in [2.05, 4.69) is 25.7 Å². The van der Waals surface area contributed by atoms with E-state index in [0.29, 0.717) is 4.47 Å². The van der Waals surface area contributed by atoms with Crippen LogP contribution in [0, 0.1) is 5.82 Å².